The molecule has 3 aromatic carbocycles. The van der Waals surface area contributed by atoms with Crippen molar-refractivity contribution >= 4 is 32.6 Å². The molecule has 2 N–H and O–H groups in total. The van der Waals surface area contributed by atoms with E-state index in [-0.39, 0.29) is 18.0 Å². The number of anilines is 1. The van der Waals surface area contributed by atoms with E-state index >= 15 is 0 Å². The van der Waals surface area contributed by atoms with Crippen molar-refractivity contribution in [1.29, 1.82) is 0 Å². The van der Waals surface area contributed by atoms with Gasteiger partial charge in [0.25, 0.3) is 5.91 Å². The third-order valence-electron chi connectivity index (χ3n) is 4.35. The Morgan fingerprint density at radius 1 is 0.962 bits per heavy atom. The molecule has 0 saturated carbocycles. The Morgan fingerprint density at radius 2 is 1.65 bits per heavy atom. The molecule has 1 aliphatic rings. The van der Waals surface area contributed by atoms with Gasteiger partial charge in [-0.15, -0.1) is 0 Å². The van der Waals surface area contributed by atoms with Gasteiger partial charge in [0, 0.05) is 0 Å². The average Bonchev–Trinajstić information content (AvgIpc) is 2.87. The van der Waals surface area contributed by atoms with E-state index in [0.717, 1.165) is 26.2 Å². The summed E-state index contributed by atoms with van der Waals surface area (Å²) < 4.78 is 26.6. The number of hydrogen-bond acceptors (Lipinski definition) is 4. The highest BCUT2D eigenvalue weighted by Gasteiger charge is 2.35. The minimum Gasteiger partial charge on any atom is -0.506 e. The predicted octanol–water partition coefficient (Wildman–Crippen LogP) is 2.32. The van der Waals surface area contributed by atoms with Gasteiger partial charge in [-0.2, -0.15) is 8.42 Å². The lowest BCUT2D eigenvalue weighted by atomic mass is 10.0. The molecule has 0 spiro atoms. The van der Waals surface area contributed by atoms with Crippen LogP contribution in [0, 0.1) is 0 Å². The molecule has 1 fully saturated rings. The molecule has 6 nitrogen and oxygen atoms in total. The Hall–Kier alpha value is -3.06. The number of amides is 1. The molecule has 1 heterocycles. The zero-order chi connectivity index (χ0) is 18.3. The largest absolute Gasteiger partial charge is 0.506 e. The molecule has 26 heavy (non-hydrogen) atoms. The SMILES string of the molecule is O=C1CN(c2ccc(Cc3ccc4ccccc4c3)cc2O)S(=O)(=O)N1. The summed E-state index contributed by atoms with van der Waals surface area (Å²) in [5.41, 5.74) is 2.02. The Bertz CT molecular complexity index is 1130. The van der Waals surface area contributed by atoms with Gasteiger partial charge >= 0.3 is 10.2 Å². The summed E-state index contributed by atoms with van der Waals surface area (Å²) in [4.78, 5) is 11.4. The maximum atomic E-state index is 11.9. The molecular formula is C19H16N2O4S. The molecule has 0 unspecified atom stereocenters. The molecule has 0 bridgehead atoms. The van der Waals surface area contributed by atoms with Gasteiger partial charge in [0.05, 0.1) is 5.69 Å². The highest BCUT2D eigenvalue weighted by Crippen LogP contribution is 2.32. The predicted molar refractivity (Wildman–Crippen MR) is 99.3 cm³/mol. The molecule has 0 aromatic heterocycles. The van der Waals surface area contributed by atoms with Gasteiger partial charge in [-0.1, -0.05) is 48.5 Å². The number of hydrogen-bond donors (Lipinski definition) is 2. The number of carbonyl (C=O) groups is 1. The van der Waals surface area contributed by atoms with Crippen LogP contribution < -0.4 is 9.03 Å². The molecule has 7 heteroatoms. The van der Waals surface area contributed by atoms with Crippen LogP contribution >= 0.6 is 0 Å². The third kappa shape index (κ3) is 2.97. The van der Waals surface area contributed by atoms with Crippen LogP contribution in [0.5, 0.6) is 5.75 Å². The standard InChI is InChI=1S/C19H16N2O4S/c22-18-11-14(6-8-17(18)21-12-19(23)20-26(21,24)25)9-13-5-7-15-3-1-2-4-16(15)10-13/h1-8,10-11,22H,9,12H2,(H,20,23). The Morgan fingerprint density at radius 3 is 2.35 bits per heavy atom. The first-order valence-electron chi connectivity index (χ1n) is 8.05. The molecule has 132 valence electrons. The monoisotopic (exact) mass is 368 g/mol. The second-order valence-corrected chi connectivity index (χ2v) is 7.81. The van der Waals surface area contributed by atoms with E-state index in [1.165, 1.54) is 12.1 Å². The number of phenolic OH excluding ortho intramolecular Hbond substituents is 1. The molecule has 3 aromatic rings. The van der Waals surface area contributed by atoms with Gasteiger partial charge in [0.1, 0.15) is 12.3 Å². The average molecular weight is 368 g/mol. The van der Waals surface area contributed by atoms with E-state index in [1.807, 2.05) is 41.1 Å². The van der Waals surface area contributed by atoms with Gasteiger partial charge in [-0.05, 0) is 40.5 Å². The lowest BCUT2D eigenvalue weighted by Crippen LogP contribution is -2.29. The van der Waals surface area contributed by atoms with Crippen LogP contribution in [0.4, 0.5) is 5.69 Å². The highest BCUT2D eigenvalue weighted by molar-refractivity contribution is 7.92. The molecule has 0 atom stereocenters. The smallest absolute Gasteiger partial charge is 0.326 e. The van der Waals surface area contributed by atoms with E-state index in [4.69, 9.17) is 0 Å². The maximum Gasteiger partial charge on any atom is 0.326 e. The molecule has 1 aliphatic heterocycles. The van der Waals surface area contributed by atoms with Crippen molar-refractivity contribution in [2.75, 3.05) is 10.8 Å². The summed E-state index contributed by atoms with van der Waals surface area (Å²) in [6.07, 6.45) is 0.600. The number of phenols is 1. The normalized spacial score (nSPS) is 16.0. The van der Waals surface area contributed by atoms with Crippen LogP contribution in [0.3, 0.4) is 0 Å². The van der Waals surface area contributed by atoms with Crippen molar-refractivity contribution in [3.8, 4) is 5.75 Å². The minimum atomic E-state index is -3.93. The van der Waals surface area contributed by atoms with Crippen LogP contribution in [0.2, 0.25) is 0 Å². The van der Waals surface area contributed by atoms with Crippen molar-refractivity contribution in [2.24, 2.45) is 0 Å². The van der Waals surface area contributed by atoms with E-state index < -0.39 is 16.1 Å². The van der Waals surface area contributed by atoms with Crippen LogP contribution in [-0.4, -0.2) is 26.0 Å². The molecular weight excluding hydrogens is 352 g/mol. The summed E-state index contributed by atoms with van der Waals surface area (Å²) >= 11 is 0. The molecule has 0 aliphatic carbocycles. The Labute approximate surface area is 150 Å². The summed E-state index contributed by atoms with van der Waals surface area (Å²) in [6, 6.07) is 19.0. The fourth-order valence-electron chi connectivity index (χ4n) is 3.14. The van der Waals surface area contributed by atoms with Crippen molar-refractivity contribution in [1.82, 2.24) is 4.72 Å². The van der Waals surface area contributed by atoms with Crippen LogP contribution in [0.1, 0.15) is 11.1 Å². The van der Waals surface area contributed by atoms with E-state index in [0.29, 0.717) is 6.42 Å². The van der Waals surface area contributed by atoms with Crippen molar-refractivity contribution in [2.45, 2.75) is 6.42 Å². The van der Waals surface area contributed by atoms with Crippen LogP contribution in [0.25, 0.3) is 10.8 Å². The number of nitrogens with one attached hydrogen (secondary N) is 1. The number of aromatic hydroxyl groups is 1. The van der Waals surface area contributed by atoms with Gasteiger partial charge < -0.3 is 5.11 Å². The molecule has 0 radical (unpaired) electrons. The van der Waals surface area contributed by atoms with Gasteiger partial charge in [0.15, 0.2) is 0 Å². The first-order chi connectivity index (χ1) is 12.4. The lowest BCUT2D eigenvalue weighted by Gasteiger charge is -2.16. The first-order valence-corrected chi connectivity index (χ1v) is 9.49. The van der Waals surface area contributed by atoms with Crippen LogP contribution in [0.15, 0.2) is 60.7 Å². The Balaban J connectivity index is 1.62. The van der Waals surface area contributed by atoms with Crippen molar-refractivity contribution < 1.29 is 18.3 Å². The quantitative estimate of drug-likeness (QED) is 0.743. The van der Waals surface area contributed by atoms with E-state index in [9.17, 15) is 18.3 Å². The lowest BCUT2D eigenvalue weighted by molar-refractivity contribution is -0.117. The first kappa shape index (κ1) is 16.4. The van der Waals surface area contributed by atoms with Gasteiger partial charge in [-0.25, -0.2) is 9.03 Å². The summed E-state index contributed by atoms with van der Waals surface area (Å²) in [7, 11) is -3.93. The van der Waals surface area contributed by atoms with Gasteiger partial charge in [-0.3, -0.25) is 4.79 Å². The number of benzene rings is 3. The minimum absolute atomic E-state index is 0.0885. The number of carbonyl (C=O) groups excluding carboxylic acids is 1. The fourth-order valence-corrected chi connectivity index (χ4v) is 4.30. The fraction of sp³-hybridized carbons (Fsp3) is 0.105. The second kappa shape index (κ2) is 6.03. The number of fused-ring (bicyclic) bond motifs is 1. The third-order valence-corrected chi connectivity index (χ3v) is 5.74. The van der Waals surface area contributed by atoms with E-state index in [1.54, 1.807) is 6.07 Å². The second-order valence-electron chi connectivity index (χ2n) is 6.22. The van der Waals surface area contributed by atoms with Gasteiger partial charge in [0.2, 0.25) is 0 Å². The molecule has 4 rings (SSSR count). The zero-order valence-corrected chi connectivity index (χ0v) is 14.5. The van der Waals surface area contributed by atoms with Crippen molar-refractivity contribution in [3.63, 3.8) is 0 Å². The Kier molecular flexibility index (Phi) is 3.81. The number of nitrogens with zero attached hydrogens (tertiary/aromatic N) is 1. The summed E-state index contributed by atoms with van der Waals surface area (Å²) in [5, 5.41) is 12.6. The van der Waals surface area contributed by atoms with Crippen LogP contribution in [-0.2, 0) is 21.4 Å². The molecule has 1 saturated heterocycles. The topological polar surface area (TPSA) is 86.7 Å². The number of rotatable bonds is 3. The maximum absolute atomic E-state index is 11.9. The zero-order valence-electron chi connectivity index (χ0n) is 13.7. The van der Waals surface area contributed by atoms with Crippen molar-refractivity contribution in [3.05, 3.63) is 71.8 Å². The molecule has 1 amide bonds. The van der Waals surface area contributed by atoms with E-state index in [2.05, 4.69) is 6.07 Å². The summed E-state index contributed by atoms with van der Waals surface area (Å²) in [5.74, 6) is -0.798. The highest BCUT2D eigenvalue weighted by atomic mass is 32.2. The summed E-state index contributed by atoms with van der Waals surface area (Å²) in [6.45, 7) is -0.333.